The van der Waals surface area contributed by atoms with Crippen molar-refractivity contribution in [1.82, 2.24) is 0 Å². The van der Waals surface area contributed by atoms with Crippen LogP contribution in [0.3, 0.4) is 0 Å². The van der Waals surface area contributed by atoms with Crippen LogP contribution in [-0.4, -0.2) is 26.1 Å². The molecule has 0 unspecified atom stereocenters. The Morgan fingerprint density at radius 2 is 1.37 bits per heavy atom. The summed E-state index contributed by atoms with van der Waals surface area (Å²) in [5, 5.41) is 3.49. The maximum Gasteiger partial charge on any atom is 0.478 e. The van der Waals surface area contributed by atoms with Gasteiger partial charge in [0.25, 0.3) is 0 Å². The monoisotopic (exact) mass is 425 g/mol. The van der Waals surface area contributed by atoms with Crippen molar-refractivity contribution in [1.29, 1.82) is 0 Å². The van der Waals surface area contributed by atoms with Crippen LogP contribution in [0.25, 0.3) is 10.4 Å². The van der Waals surface area contributed by atoms with E-state index in [2.05, 4.69) is 54.2 Å². The van der Waals surface area contributed by atoms with E-state index in [1.807, 2.05) is 6.08 Å². The van der Waals surface area contributed by atoms with E-state index in [9.17, 15) is 9.13 Å². The van der Waals surface area contributed by atoms with E-state index in [1.54, 1.807) is 0 Å². The van der Waals surface area contributed by atoms with E-state index in [0.29, 0.717) is 6.54 Å². The molecule has 0 aliphatic rings. The summed E-state index contributed by atoms with van der Waals surface area (Å²) in [5.74, 6) is 0. The SMILES string of the molecule is CC(C)=CCCC(C)=CCCC(C)=CCN=[N+]=[N-].O=P(O)(O)OP(=O)(O)O. The molecule has 0 radical (unpaired) electrons. The van der Waals surface area contributed by atoms with Gasteiger partial charge in [0.05, 0.1) is 0 Å². The molecule has 0 rings (SSSR count). The van der Waals surface area contributed by atoms with Crippen LogP contribution in [-0.2, 0) is 13.4 Å². The van der Waals surface area contributed by atoms with Gasteiger partial charge in [-0.2, -0.15) is 4.31 Å². The molecule has 0 aliphatic carbocycles. The highest BCUT2D eigenvalue weighted by Gasteiger charge is 2.27. The Labute approximate surface area is 159 Å². The van der Waals surface area contributed by atoms with Crippen molar-refractivity contribution in [2.75, 3.05) is 6.54 Å². The molecule has 0 heterocycles. The van der Waals surface area contributed by atoms with Crippen LogP contribution in [0, 0.1) is 0 Å². The van der Waals surface area contributed by atoms with Crippen molar-refractivity contribution < 1.29 is 33.0 Å². The molecule has 12 heteroatoms. The van der Waals surface area contributed by atoms with Crippen LogP contribution in [0.4, 0.5) is 0 Å². The van der Waals surface area contributed by atoms with Crippen LogP contribution >= 0.6 is 15.6 Å². The summed E-state index contributed by atoms with van der Waals surface area (Å²) in [6.45, 7) is 9.01. The topological polar surface area (TPSA) is 173 Å². The molecular weight excluding hydrogens is 396 g/mol. The number of azide groups is 1. The fraction of sp³-hybridized carbons (Fsp3) is 0.600. The molecule has 0 aromatic rings. The third-order valence-electron chi connectivity index (χ3n) is 2.92. The first-order valence-corrected chi connectivity index (χ1v) is 11.1. The lowest BCUT2D eigenvalue weighted by Crippen LogP contribution is -1.84. The van der Waals surface area contributed by atoms with Gasteiger partial charge in [0.2, 0.25) is 0 Å². The maximum atomic E-state index is 9.63. The Hall–Kier alpha value is -1.21. The average molecular weight is 425 g/mol. The van der Waals surface area contributed by atoms with Crippen molar-refractivity contribution in [2.45, 2.75) is 53.4 Å². The molecule has 0 bridgehead atoms. The summed E-state index contributed by atoms with van der Waals surface area (Å²) in [5.41, 5.74) is 12.3. The Balaban J connectivity index is 0. The first-order valence-electron chi connectivity index (χ1n) is 8.04. The summed E-state index contributed by atoms with van der Waals surface area (Å²) in [6, 6.07) is 0. The number of hydrogen-bond acceptors (Lipinski definition) is 4. The zero-order valence-electron chi connectivity index (χ0n) is 16.0. The van der Waals surface area contributed by atoms with Gasteiger partial charge in [0, 0.05) is 11.5 Å². The molecule has 0 atom stereocenters. The van der Waals surface area contributed by atoms with Gasteiger partial charge in [-0.3, -0.25) is 0 Å². The highest BCUT2D eigenvalue weighted by molar-refractivity contribution is 7.60. The lowest BCUT2D eigenvalue weighted by molar-refractivity contribution is 0.225. The van der Waals surface area contributed by atoms with Gasteiger partial charge in [-0.25, -0.2) is 9.13 Å². The summed E-state index contributed by atoms with van der Waals surface area (Å²) in [6.07, 6.45) is 11.0. The number of phosphoric acid groups is 2. The van der Waals surface area contributed by atoms with E-state index in [0.717, 1.165) is 25.7 Å². The quantitative estimate of drug-likeness (QED) is 0.126. The molecule has 0 saturated heterocycles. The van der Waals surface area contributed by atoms with Crippen molar-refractivity contribution in [3.05, 3.63) is 45.4 Å². The summed E-state index contributed by atoms with van der Waals surface area (Å²) >= 11 is 0. The second kappa shape index (κ2) is 14.8. The van der Waals surface area contributed by atoms with Crippen LogP contribution in [0.1, 0.15) is 53.4 Å². The second-order valence-electron chi connectivity index (χ2n) is 5.94. The maximum absolute atomic E-state index is 9.63. The third-order valence-corrected chi connectivity index (χ3v) is 4.62. The summed E-state index contributed by atoms with van der Waals surface area (Å²) < 4.78 is 22.2. The van der Waals surface area contributed by atoms with Crippen molar-refractivity contribution in [2.24, 2.45) is 5.11 Å². The summed E-state index contributed by atoms with van der Waals surface area (Å²) in [4.78, 5) is 33.7. The normalized spacial score (nSPS) is 12.6. The minimum Gasteiger partial charge on any atom is -0.302 e. The second-order valence-corrected chi connectivity index (χ2v) is 8.55. The van der Waals surface area contributed by atoms with Crippen molar-refractivity contribution in [3.63, 3.8) is 0 Å². The van der Waals surface area contributed by atoms with Gasteiger partial charge in [0.1, 0.15) is 0 Å². The lowest BCUT2D eigenvalue weighted by Gasteiger charge is -2.03. The Kier molecular flexibility index (Phi) is 15.3. The highest BCUT2D eigenvalue weighted by atomic mass is 31.3. The first-order chi connectivity index (χ1) is 12.3. The molecule has 10 nitrogen and oxygen atoms in total. The lowest BCUT2D eigenvalue weighted by atomic mass is 10.1. The fourth-order valence-corrected chi connectivity index (χ4v) is 2.82. The van der Waals surface area contributed by atoms with E-state index < -0.39 is 15.6 Å². The van der Waals surface area contributed by atoms with E-state index in [1.165, 1.54) is 16.7 Å². The van der Waals surface area contributed by atoms with E-state index in [-0.39, 0.29) is 0 Å². The number of allylic oxidation sites excluding steroid dienone is 5. The zero-order chi connectivity index (χ0) is 21.5. The zero-order valence-corrected chi connectivity index (χ0v) is 17.8. The van der Waals surface area contributed by atoms with Crippen LogP contribution in [0.15, 0.2) is 40.1 Å². The molecule has 4 N–H and O–H groups in total. The largest absolute Gasteiger partial charge is 0.478 e. The van der Waals surface area contributed by atoms with Crippen LogP contribution < -0.4 is 0 Å². The number of hydrogen-bond donors (Lipinski definition) is 4. The minimum absolute atomic E-state index is 0.464. The molecule has 0 aromatic carbocycles. The molecule has 27 heavy (non-hydrogen) atoms. The predicted molar refractivity (Wildman–Crippen MR) is 105 cm³/mol. The highest BCUT2D eigenvalue weighted by Crippen LogP contribution is 2.53. The van der Waals surface area contributed by atoms with Crippen molar-refractivity contribution >= 4 is 15.6 Å². The smallest absolute Gasteiger partial charge is 0.302 e. The average Bonchev–Trinajstić information content (AvgIpc) is 2.44. The fourth-order valence-electron chi connectivity index (χ4n) is 1.71. The number of nitrogens with zero attached hydrogens (tertiary/aromatic N) is 3. The van der Waals surface area contributed by atoms with Crippen molar-refractivity contribution in [3.8, 4) is 0 Å². The molecule has 0 aliphatic heterocycles. The van der Waals surface area contributed by atoms with Gasteiger partial charge < -0.3 is 19.6 Å². The molecule has 0 fully saturated rings. The van der Waals surface area contributed by atoms with E-state index in [4.69, 9.17) is 25.1 Å². The van der Waals surface area contributed by atoms with Gasteiger partial charge in [0.15, 0.2) is 0 Å². The molecule has 0 spiro atoms. The van der Waals surface area contributed by atoms with Crippen LogP contribution in [0.2, 0.25) is 0 Å². The van der Waals surface area contributed by atoms with E-state index >= 15 is 0 Å². The molecule has 156 valence electrons. The van der Waals surface area contributed by atoms with Crippen LogP contribution in [0.5, 0.6) is 0 Å². The third kappa shape index (κ3) is 27.1. The Morgan fingerprint density at radius 1 is 0.926 bits per heavy atom. The molecule has 0 amide bonds. The standard InChI is InChI=1S/C15H25N3.H4O7P2/c1-13(2)7-5-8-14(3)9-6-10-15(4)11-12-17-18-16;1-8(2,3)7-9(4,5)6/h7,9,11H,5-6,8,10,12H2,1-4H3;(H2,1,2,3)(H2,4,5,6). The summed E-state index contributed by atoms with van der Waals surface area (Å²) in [7, 11) is -10.1. The molecule has 0 saturated carbocycles. The Bertz CT molecular complexity index is 647. The van der Waals surface area contributed by atoms with Gasteiger partial charge in [-0.1, -0.05) is 40.1 Å². The Morgan fingerprint density at radius 3 is 1.74 bits per heavy atom. The first kappa shape index (κ1) is 28.0. The minimum atomic E-state index is -5.05. The van der Waals surface area contributed by atoms with Gasteiger partial charge >= 0.3 is 15.6 Å². The molecule has 0 aromatic heterocycles. The molecular formula is C15H29N3O7P2. The van der Waals surface area contributed by atoms with Gasteiger partial charge in [-0.05, 0) is 58.9 Å². The predicted octanol–water partition coefficient (Wildman–Crippen LogP) is 4.90. The number of rotatable bonds is 10. The van der Waals surface area contributed by atoms with Gasteiger partial charge in [-0.15, -0.1) is 0 Å².